The van der Waals surface area contributed by atoms with E-state index in [1.165, 1.54) is 57.8 Å². The smallest absolute Gasteiger partial charge is 0.342 e. The molecule has 1 saturated heterocycles. The second kappa shape index (κ2) is 17.6. The van der Waals surface area contributed by atoms with Gasteiger partial charge in [-0.05, 0) is 27.2 Å². The standard InChI is InChI=1S/C34H50N4O4/c1-5-7-8-9-10-11-12-13-14-15-19-22-29(39)38-24-23-37(25-26(38)3)33(40)32-30(34(41)42-6-2)31(35-27(4)36-32)28-20-17-16-18-21-28/h16-18,20-21,26H,5-15,19,22-25H2,1-4H3. The van der Waals surface area contributed by atoms with Crippen molar-refractivity contribution in [3.63, 3.8) is 0 Å². The summed E-state index contributed by atoms with van der Waals surface area (Å²) in [5.41, 5.74) is 1.24. The molecular weight excluding hydrogens is 528 g/mol. The first-order valence-corrected chi connectivity index (χ1v) is 16.1. The summed E-state index contributed by atoms with van der Waals surface area (Å²) in [7, 11) is 0. The summed E-state index contributed by atoms with van der Waals surface area (Å²) < 4.78 is 5.33. The van der Waals surface area contributed by atoms with Crippen LogP contribution in [0.25, 0.3) is 11.3 Å². The van der Waals surface area contributed by atoms with Crippen LogP contribution in [0, 0.1) is 6.92 Å². The molecule has 1 fully saturated rings. The molecule has 1 atom stereocenters. The molecule has 2 aromatic rings. The van der Waals surface area contributed by atoms with E-state index < -0.39 is 5.97 Å². The van der Waals surface area contributed by atoms with E-state index in [0.717, 1.165) is 12.8 Å². The lowest BCUT2D eigenvalue weighted by Gasteiger charge is -2.40. The van der Waals surface area contributed by atoms with Gasteiger partial charge in [-0.3, -0.25) is 9.59 Å². The zero-order valence-corrected chi connectivity index (χ0v) is 26.2. The highest BCUT2D eigenvalue weighted by Crippen LogP contribution is 2.26. The zero-order chi connectivity index (χ0) is 30.3. The summed E-state index contributed by atoms with van der Waals surface area (Å²) in [6, 6.07) is 9.18. The van der Waals surface area contributed by atoms with E-state index in [4.69, 9.17) is 4.74 Å². The van der Waals surface area contributed by atoms with Crippen LogP contribution >= 0.6 is 0 Å². The van der Waals surface area contributed by atoms with Crippen LogP contribution in [0.5, 0.6) is 0 Å². The summed E-state index contributed by atoms with van der Waals surface area (Å²) >= 11 is 0. The Morgan fingerprint density at radius 3 is 2.07 bits per heavy atom. The number of hydrogen-bond donors (Lipinski definition) is 0. The maximum Gasteiger partial charge on any atom is 0.342 e. The highest BCUT2D eigenvalue weighted by Gasteiger charge is 2.34. The number of amides is 2. The van der Waals surface area contributed by atoms with Crippen molar-refractivity contribution in [3.05, 3.63) is 47.4 Å². The number of piperazine rings is 1. The number of rotatable bonds is 16. The van der Waals surface area contributed by atoms with Gasteiger partial charge in [0.1, 0.15) is 17.1 Å². The van der Waals surface area contributed by atoms with Crippen LogP contribution in [-0.4, -0.2) is 69.8 Å². The Hall–Kier alpha value is -3.29. The van der Waals surface area contributed by atoms with Crippen molar-refractivity contribution in [1.82, 2.24) is 19.8 Å². The fourth-order valence-electron chi connectivity index (χ4n) is 5.68. The first-order chi connectivity index (χ1) is 20.4. The quantitative estimate of drug-likeness (QED) is 0.157. The van der Waals surface area contributed by atoms with E-state index in [-0.39, 0.29) is 35.7 Å². The lowest BCUT2D eigenvalue weighted by atomic mass is 10.0. The van der Waals surface area contributed by atoms with Crippen LogP contribution in [-0.2, 0) is 9.53 Å². The number of unbranched alkanes of at least 4 members (excludes halogenated alkanes) is 10. The molecule has 0 bridgehead atoms. The molecule has 0 radical (unpaired) electrons. The van der Waals surface area contributed by atoms with Gasteiger partial charge in [0.2, 0.25) is 5.91 Å². The number of esters is 1. The summed E-state index contributed by atoms with van der Waals surface area (Å²) in [6.45, 7) is 9.08. The molecule has 42 heavy (non-hydrogen) atoms. The van der Waals surface area contributed by atoms with Gasteiger partial charge in [0.15, 0.2) is 0 Å². The Labute approximate surface area is 252 Å². The van der Waals surface area contributed by atoms with Crippen LogP contribution in [0.1, 0.15) is 124 Å². The van der Waals surface area contributed by atoms with Gasteiger partial charge in [0.05, 0.1) is 12.3 Å². The molecule has 1 aliphatic rings. The third-order valence-corrected chi connectivity index (χ3v) is 7.98. The van der Waals surface area contributed by atoms with Gasteiger partial charge in [-0.2, -0.15) is 0 Å². The van der Waals surface area contributed by atoms with E-state index in [1.807, 2.05) is 42.2 Å². The molecule has 1 aromatic heterocycles. The third-order valence-electron chi connectivity index (χ3n) is 7.98. The van der Waals surface area contributed by atoms with Crippen molar-refractivity contribution in [2.24, 2.45) is 0 Å². The highest BCUT2D eigenvalue weighted by molar-refractivity contribution is 6.07. The van der Waals surface area contributed by atoms with Crippen LogP contribution in [0.15, 0.2) is 30.3 Å². The van der Waals surface area contributed by atoms with Gasteiger partial charge in [-0.1, -0.05) is 101 Å². The Bertz CT molecular complexity index is 1150. The van der Waals surface area contributed by atoms with Gasteiger partial charge in [0, 0.05) is 37.7 Å². The van der Waals surface area contributed by atoms with E-state index in [1.54, 1.807) is 18.7 Å². The number of carbonyl (C=O) groups excluding carboxylic acids is 3. The largest absolute Gasteiger partial charge is 0.462 e. The van der Waals surface area contributed by atoms with Crippen LogP contribution in [0.4, 0.5) is 0 Å². The first-order valence-electron chi connectivity index (χ1n) is 16.1. The summed E-state index contributed by atoms with van der Waals surface area (Å²) in [4.78, 5) is 52.4. The zero-order valence-electron chi connectivity index (χ0n) is 26.2. The minimum absolute atomic E-state index is 0.0488. The predicted molar refractivity (Wildman–Crippen MR) is 166 cm³/mol. The SMILES string of the molecule is CCCCCCCCCCCCCC(=O)N1CCN(C(=O)c2nc(C)nc(-c3ccccc3)c2C(=O)OCC)CC1C. The average Bonchev–Trinajstić information content (AvgIpc) is 2.99. The normalized spacial score (nSPS) is 15.1. The molecule has 230 valence electrons. The van der Waals surface area contributed by atoms with Crippen molar-refractivity contribution in [1.29, 1.82) is 0 Å². The molecule has 1 unspecified atom stereocenters. The highest BCUT2D eigenvalue weighted by atomic mass is 16.5. The number of aromatic nitrogens is 2. The Morgan fingerprint density at radius 1 is 0.857 bits per heavy atom. The van der Waals surface area contributed by atoms with Crippen molar-refractivity contribution < 1.29 is 19.1 Å². The van der Waals surface area contributed by atoms with Crippen molar-refractivity contribution in [2.75, 3.05) is 26.2 Å². The molecule has 0 N–H and O–H groups in total. The number of aryl methyl sites for hydroxylation is 1. The van der Waals surface area contributed by atoms with Gasteiger partial charge >= 0.3 is 5.97 Å². The van der Waals surface area contributed by atoms with E-state index in [9.17, 15) is 14.4 Å². The molecule has 1 aromatic carbocycles. The fraction of sp³-hybridized carbons (Fsp3) is 0.618. The van der Waals surface area contributed by atoms with Crippen molar-refractivity contribution in [2.45, 2.75) is 111 Å². The maximum atomic E-state index is 13.8. The van der Waals surface area contributed by atoms with E-state index >= 15 is 0 Å². The third kappa shape index (κ3) is 9.63. The molecule has 1 aliphatic heterocycles. The van der Waals surface area contributed by atoms with Gasteiger partial charge in [-0.25, -0.2) is 14.8 Å². The minimum Gasteiger partial charge on any atom is -0.462 e. The van der Waals surface area contributed by atoms with E-state index in [2.05, 4.69) is 16.9 Å². The topological polar surface area (TPSA) is 92.7 Å². The molecular formula is C34H50N4O4. The molecule has 0 aliphatic carbocycles. The monoisotopic (exact) mass is 578 g/mol. The average molecular weight is 579 g/mol. The lowest BCUT2D eigenvalue weighted by Crippen LogP contribution is -2.55. The van der Waals surface area contributed by atoms with Crippen molar-refractivity contribution in [3.8, 4) is 11.3 Å². The fourth-order valence-corrected chi connectivity index (χ4v) is 5.68. The van der Waals surface area contributed by atoms with Crippen LogP contribution in [0.2, 0.25) is 0 Å². The van der Waals surface area contributed by atoms with Crippen LogP contribution < -0.4 is 0 Å². The summed E-state index contributed by atoms with van der Waals surface area (Å²) in [5, 5.41) is 0. The molecule has 2 amide bonds. The lowest BCUT2D eigenvalue weighted by molar-refractivity contribution is -0.135. The van der Waals surface area contributed by atoms with Crippen LogP contribution in [0.3, 0.4) is 0 Å². The minimum atomic E-state index is -0.617. The molecule has 8 heteroatoms. The van der Waals surface area contributed by atoms with Gasteiger partial charge < -0.3 is 14.5 Å². The Kier molecular flexibility index (Phi) is 13.9. The first kappa shape index (κ1) is 33.2. The Balaban J connectivity index is 1.55. The van der Waals surface area contributed by atoms with Gasteiger partial charge in [-0.15, -0.1) is 0 Å². The summed E-state index contributed by atoms with van der Waals surface area (Å²) in [5.74, 6) is -0.403. The van der Waals surface area contributed by atoms with Crippen molar-refractivity contribution >= 4 is 17.8 Å². The number of nitrogens with zero attached hydrogens (tertiary/aromatic N) is 4. The molecule has 0 spiro atoms. The summed E-state index contributed by atoms with van der Waals surface area (Å²) in [6.07, 6.45) is 14.3. The molecule has 2 heterocycles. The molecule has 8 nitrogen and oxygen atoms in total. The maximum absolute atomic E-state index is 13.8. The number of benzene rings is 1. The number of ether oxygens (including phenoxy) is 1. The molecule has 0 saturated carbocycles. The predicted octanol–water partition coefficient (Wildman–Crippen LogP) is 7.00. The molecule has 3 rings (SSSR count). The number of hydrogen-bond acceptors (Lipinski definition) is 6. The number of carbonyl (C=O) groups is 3. The van der Waals surface area contributed by atoms with Gasteiger partial charge in [0.25, 0.3) is 5.91 Å². The second-order valence-electron chi connectivity index (χ2n) is 11.4. The van der Waals surface area contributed by atoms with E-state index in [0.29, 0.717) is 43.1 Å². The second-order valence-corrected chi connectivity index (χ2v) is 11.4. The Morgan fingerprint density at radius 2 is 1.48 bits per heavy atom.